The molecule has 3 rings (SSSR count). The van der Waals surface area contributed by atoms with Crippen molar-refractivity contribution in [1.29, 1.82) is 5.26 Å². The van der Waals surface area contributed by atoms with Gasteiger partial charge in [0, 0.05) is 25.3 Å². The van der Waals surface area contributed by atoms with Crippen LogP contribution in [0.4, 0.5) is 0 Å². The van der Waals surface area contributed by atoms with Crippen LogP contribution >= 0.6 is 0 Å². The summed E-state index contributed by atoms with van der Waals surface area (Å²) in [7, 11) is 0. The standard InChI is InChI=1S/C18H22N4O/c1-14-8-15(2)22(20-14)13-18-12-21(6-7-23-18)11-17-5-3-4-16(9-17)10-19/h3-5,8-9,18H,6-7,11-13H2,1-2H3/t18-/m0/s1. The number of morpholine rings is 1. The topological polar surface area (TPSA) is 54.1 Å². The summed E-state index contributed by atoms with van der Waals surface area (Å²) < 4.78 is 7.93. The van der Waals surface area contributed by atoms with Gasteiger partial charge in [0.2, 0.25) is 0 Å². The highest BCUT2D eigenvalue weighted by molar-refractivity contribution is 5.32. The van der Waals surface area contributed by atoms with E-state index < -0.39 is 0 Å². The molecule has 23 heavy (non-hydrogen) atoms. The lowest BCUT2D eigenvalue weighted by molar-refractivity contribution is -0.0404. The fourth-order valence-electron chi connectivity index (χ4n) is 3.08. The van der Waals surface area contributed by atoms with Gasteiger partial charge in [-0.25, -0.2) is 0 Å². The van der Waals surface area contributed by atoms with Crippen LogP contribution in [0.25, 0.3) is 0 Å². The van der Waals surface area contributed by atoms with Crippen LogP contribution in [0.3, 0.4) is 0 Å². The van der Waals surface area contributed by atoms with E-state index in [0.717, 1.165) is 44.0 Å². The van der Waals surface area contributed by atoms with Gasteiger partial charge >= 0.3 is 0 Å². The monoisotopic (exact) mass is 310 g/mol. The number of rotatable bonds is 4. The Kier molecular flexibility index (Phi) is 4.75. The minimum Gasteiger partial charge on any atom is -0.374 e. The van der Waals surface area contributed by atoms with Gasteiger partial charge in [0.05, 0.1) is 36.6 Å². The second-order valence-corrected chi connectivity index (χ2v) is 6.15. The molecule has 0 N–H and O–H groups in total. The van der Waals surface area contributed by atoms with E-state index in [-0.39, 0.29) is 6.10 Å². The predicted octanol–water partition coefficient (Wildman–Crippen LogP) is 2.27. The van der Waals surface area contributed by atoms with Crippen molar-refractivity contribution >= 4 is 0 Å². The number of nitrogens with zero attached hydrogens (tertiary/aromatic N) is 4. The Morgan fingerprint density at radius 3 is 2.96 bits per heavy atom. The Morgan fingerprint density at radius 1 is 1.35 bits per heavy atom. The lowest BCUT2D eigenvalue weighted by Crippen LogP contribution is -2.43. The average Bonchev–Trinajstić information content (AvgIpc) is 2.85. The molecule has 1 aliphatic heterocycles. The number of nitriles is 1. The van der Waals surface area contributed by atoms with Crippen molar-refractivity contribution in [1.82, 2.24) is 14.7 Å². The zero-order valence-corrected chi connectivity index (χ0v) is 13.7. The van der Waals surface area contributed by atoms with Gasteiger partial charge in [-0.05, 0) is 37.6 Å². The summed E-state index contributed by atoms with van der Waals surface area (Å²) in [6, 6.07) is 12.1. The molecule has 5 nitrogen and oxygen atoms in total. The Hall–Kier alpha value is -2.16. The maximum Gasteiger partial charge on any atom is 0.0991 e. The number of hydrogen-bond acceptors (Lipinski definition) is 4. The highest BCUT2D eigenvalue weighted by atomic mass is 16.5. The third kappa shape index (κ3) is 3.98. The Labute approximate surface area is 137 Å². The molecular weight excluding hydrogens is 288 g/mol. The molecule has 1 aromatic carbocycles. The molecule has 1 aromatic heterocycles. The first-order valence-corrected chi connectivity index (χ1v) is 7.98. The van der Waals surface area contributed by atoms with Gasteiger partial charge in [-0.2, -0.15) is 10.4 Å². The van der Waals surface area contributed by atoms with Crippen molar-refractivity contribution in [3.63, 3.8) is 0 Å². The zero-order valence-electron chi connectivity index (χ0n) is 13.7. The molecule has 5 heteroatoms. The highest BCUT2D eigenvalue weighted by Gasteiger charge is 2.21. The molecular formula is C18H22N4O. The quantitative estimate of drug-likeness (QED) is 0.869. The summed E-state index contributed by atoms with van der Waals surface area (Å²) in [4.78, 5) is 2.39. The molecule has 0 radical (unpaired) electrons. The first-order valence-electron chi connectivity index (χ1n) is 7.98. The van der Waals surface area contributed by atoms with Crippen LogP contribution in [0.1, 0.15) is 22.5 Å². The average molecular weight is 310 g/mol. The SMILES string of the molecule is Cc1cc(C)n(C[C@@H]2CN(Cc3cccc(C#N)c3)CCO2)n1. The van der Waals surface area contributed by atoms with Gasteiger partial charge in [-0.15, -0.1) is 0 Å². The molecule has 1 saturated heterocycles. The van der Waals surface area contributed by atoms with Crippen LogP contribution in [0, 0.1) is 25.2 Å². The summed E-state index contributed by atoms with van der Waals surface area (Å²) in [6.45, 7) is 8.27. The van der Waals surface area contributed by atoms with Gasteiger partial charge in [-0.3, -0.25) is 9.58 Å². The molecule has 0 unspecified atom stereocenters. The van der Waals surface area contributed by atoms with Crippen LogP contribution < -0.4 is 0 Å². The summed E-state index contributed by atoms with van der Waals surface area (Å²) >= 11 is 0. The van der Waals surface area contributed by atoms with E-state index in [1.807, 2.05) is 29.8 Å². The molecule has 2 aromatic rings. The van der Waals surface area contributed by atoms with E-state index >= 15 is 0 Å². The van der Waals surface area contributed by atoms with Crippen molar-refractivity contribution in [3.8, 4) is 6.07 Å². The second kappa shape index (κ2) is 6.95. The largest absolute Gasteiger partial charge is 0.374 e. The molecule has 0 aliphatic carbocycles. The Balaban J connectivity index is 1.62. The molecule has 0 spiro atoms. The highest BCUT2D eigenvalue weighted by Crippen LogP contribution is 2.14. The normalized spacial score (nSPS) is 18.7. The third-order valence-electron chi connectivity index (χ3n) is 4.17. The molecule has 120 valence electrons. The molecule has 1 atom stereocenters. The van der Waals surface area contributed by atoms with Gasteiger partial charge < -0.3 is 4.74 Å². The lowest BCUT2D eigenvalue weighted by Gasteiger charge is -2.33. The number of hydrogen-bond donors (Lipinski definition) is 0. The number of benzene rings is 1. The first kappa shape index (κ1) is 15.7. The smallest absolute Gasteiger partial charge is 0.0991 e. The van der Waals surface area contributed by atoms with E-state index in [4.69, 9.17) is 10.00 Å². The summed E-state index contributed by atoms with van der Waals surface area (Å²) in [5.41, 5.74) is 4.11. The van der Waals surface area contributed by atoms with Crippen LogP contribution in [0.5, 0.6) is 0 Å². The van der Waals surface area contributed by atoms with E-state index in [2.05, 4.69) is 35.1 Å². The van der Waals surface area contributed by atoms with Crippen LogP contribution in [0.2, 0.25) is 0 Å². The van der Waals surface area contributed by atoms with E-state index in [1.54, 1.807) is 0 Å². The number of aryl methyl sites for hydroxylation is 2. The van der Waals surface area contributed by atoms with E-state index in [9.17, 15) is 0 Å². The minimum absolute atomic E-state index is 0.154. The minimum atomic E-state index is 0.154. The lowest BCUT2D eigenvalue weighted by atomic mass is 10.1. The van der Waals surface area contributed by atoms with Crippen molar-refractivity contribution in [2.75, 3.05) is 19.7 Å². The van der Waals surface area contributed by atoms with E-state index in [1.165, 1.54) is 11.3 Å². The third-order valence-corrected chi connectivity index (χ3v) is 4.17. The predicted molar refractivity (Wildman–Crippen MR) is 87.9 cm³/mol. The maximum absolute atomic E-state index is 9.01. The van der Waals surface area contributed by atoms with Gasteiger partial charge in [0.25, 0.3) is 0 Å². The number of ether oxygens (including phenoxy) is 1. The molecule has 0 amide bonds. The summed E-state index contributed by atoms with van der Waals surface area (Å²) in [6.07, 6.45) is 0.154. The Morgan fingerprint density at radius 2 is 2.22 bits per heavy atom. The summed E-state index contributed by atoms with van der Waals surface area (Å²) in [5.74, 6) is 0. The maximum atomic E-state index is 9.01. The second-order valence-electron chi connectivity index (χ2n) is 6.15. The first-order chi connectivity index (χ1) is 11.1. The van der Waals surface area contributed by atoms with Gasteiger partial charge in [0.15, 0.2) is 0 Å². The van der Waals surface area contributed by atoms with Crippen LogP contribution in [-0.4, -0.2) is 40.5 Å². The van der Waals surface area contributed by atoms with Crippen LogP contribution in [0.15, 0.2) is 30.3 Å². The fraction of sp³-hybridized carbons (Fsp3) is 0.444. The van der Waals surface area contributed by atoms with Crippen molar-refractivity contribution in [2.45, 2.75) is 33.0 Å². The zero-order chi connectivity index (χ0) is 16.2. The molecule has 1 fully saturated rings. The summed E-state index contributed by atoms with van der Waals surface area (Å²) in [5, 5.41) is 13.5. The molecule has 0 saturated carbocycles. The number of aromatic nitrogens is 2. The molecule has 1 aliphatic rings. The molecule has 0 bridgehead atoms. The van der Waals surface area contributed by atoms with Gasteiger partial charge in [0.1, 0.15) is 0 Å². The van der Waals surface area contributed by atoms with Crippen molar-refractivity contribution in [3.05, 3.63) is 52.8 Å². The van der Waals surface area contributed by atoms with E-state index in [0.29, 0.717) is 0 Å². The van der Waals surface area contributed by atoms with Gasteiger partial charge in [-0.1, -0.05) is 12.1 Å². The van der Waals surface area contributed by atoms with Crippen LogP contribution in [-0.2, 0) is 17.8 Å². The Bertz CT molecular complexity index is 716. The van der Waals surface area contributed by atoms with Crippen molar-refractivity contribution in [2.24, 2.45) is 0 Å². The molecule has 2 heterocycles. The van der Waals surface area contributed by atoms with Crippen molar-refractivity contribution < 1.29 is 4.74 Å². The fourth-order valence-corrected chi connectivity index (χ4v) is 3.08.